The van der Waals surface area contributed by atoms with Gasteiger partial charge in [0.15, 0.2) is 0 Å². The van der Waals surface area contributed by atoms with Crippen LogP contribution in [0.4, 0.5) is 5.69 Å². The predicted octanol–water partition coefficient (Wildman–Crippen LogP) is 3.54. The molecule has 0 aromatic heterocycles. The summed E-state index contributed by atoms with van der Waals surface area (Å²) >= 11 is 1.75. The van der Waals surface area contributed by atoms with Crippen molar-refractivity contribution in [3.63, 3.8) is 0 Å². The molecule has 3 rings (SSSR count). The second-order valence-corrected chi connectivity index (χ2v) is 7.70. The molecule has 136 valence electrons. The van der Waals surface area contributed by atoms with Gasteiger partial charge in [0.25, 0.3) is 0 Å². The minimum absolute atomic E-state index is 0.0223. The summed E-state index contributed by atoms with van der Waals surface area (Å²) in [5, 5.41) is 3.00. The van der Waals surface area contributed by atoms with E-state index in [1.54, 1.807) is 16.7 Å². The molecule has 2 aromatic carbocycles. The van der Waals surface area contributed by atoms with Gasteiger partial charge in [0.1, 0.15) is 0 Å². The normalized spacial score (nSPS) is 16.7. The summed E-state index contributed by atoms with van der Waals surface area (Å²) in [6, 6.07) is 18.1. The number of anilines is 1. The average molecular weight is 369 g/mol. The number of rotatable bonds is 7. The number of thioether (sulfide) groups is 1. The highest BCUT2D eigenvalue weighted by molar-refractivity contribution is 7.98. The van der Waals surface area contributed by atoms with Crippen molar-refractivity contribution in [1.29, 1.82) is 0 Å². The van der Waals surface area contributed by atoms with Crippen LogP contribution in [-0.2, 0) is 15.3 Å². The maximum absolute atomic E-state index is 12.2. The van der Waals surface area contributed by atoms with Gasteiger partial charge in [0.2, 0.25) is 11.8 Å². The molecule has 1 atom stereocenters. The first kappa shape index (κ1) is 18.5. The first-order valence-corrected chi connectivity index (χ1v) is 10.1. The third-order valence-corrected chi connectivity index (χ3v) is 5.45. The lowest BCUT2D eigenvalue weighted by Gasteiger charge is -2.17. The van der Waals surface area contributed by atoms with Crippen LogP contribution in [0.3, 0.4) is 0 Å². The summed E-state index contributed by atoms with van der Waals surface area (Å²) in [5.41, 5.74) is 3.34. The van der Waals surface area contributed by atoms with Crippen molar-refractivity contribution in [2.45, 2.75) is 31.6 Å². The maximum atomic E-state index is 12.2. The number of benzene rings is 2. The van der Waals surface area contributed by atoms with Gasteiger partial charge in [0, 0.05) is 36.6 Å². The van der Waals surface area contributed by atoms with E-state index in [-0.39, 0.29) is 17.9 Å². The van der Waals surface area contributed by atoms with Gasteiger partial charge in [-0.1, -0.05) is 48.0 Å². The van der Waals surface area contributed by atoms with Crippen molar-refractivity contribution in [3.8, 4) is 0 Å². The lowest BCUT2D eigenvalue weighted by molar-refractivity contribution is -0.121. The van der Waals surface area contributed by atoms with Crippen molar-refractivity contribution in [2.75, 3.05) is 17.2 Å². The minimum Gasteiger partial charge on any atom is -0.351 e. The summed E-state index contributed by atoms with van der Waals surface area (Å²) in [7, 11) is 0. The van der Waals surface area contributed by atoms with Crippen LogP contribution in [0.15, 0.2) is 54.6 Å². The Morgan fingerprint density at radius 1 is 1.15 bits per heavy atom. The molecule has 1 N–H and O–H groups in total. The zero-order valence-electron chi connectivity index (χ0n) is 15.0. The highest BCUT2D eigenvalue weighted by atomic mass is 32.2. The molecule has 0 spiro atoms. The largest absolute Gasteiger partial charge is 0.351 e. The number of carbonyl (C=O) groups excluding carboxylic acids is 2. The number of nitrogens with zero attached hydrogens (tertiary/aromatic N) is 1. The number of hydrogen-bond acceptors (Lipinski definition) is 3. The van der Waals surface area contributed by atoms with Crippen LogP contribution in [0, 0.1) is 6.92 Å². The quantitative estimate of drug-likeness (QED) is 0.761. The highest BCUT2D eigenvalue weighted by Crippen LogP contribution is 2.22. The molecule has 1 unspecified atom stereocenters. The van der Waals surface area contributed by atoms with Crippen LogP contribution in [0.2, 0.25) is 0 Å². The Balaban J connectivity index is 1.40. The Hall–Kier alpha value is -2.27. The topological polar surface area (TPSA) is 49.4 Å². The second kappa shape index (κ2) is 8.90. The molecular weight excluding hydrogens is 344 g/mol. The SMILES string of the molecule is Cc1ccc(N2CC(NC(=O)CCSCc3ccccc3)CC2=O)cc1. The molecule has 1 aliphatic rings. The van der Waals surface area contributed by atoms with Crippen LogP contribution in [0.1, 0.15) is 24.0 Å². The van der Waals surface area contributed by atoms with Gasteiger partial charge in [-0.2, -0.15) is 11.8 Å². The van der Waals surface area contributed by atoms with Crippen molar-refractivity contribution < 1.29 is 9.59 Å². The lowest BCUT2D eigenvalue weighted by Crippen LogP contribution is -2.37. The third-order valence-electron chi connectivity index (χ3n) is 4.42. The van der Waals surface area contributed by atoms with E-state index in [1.165, 1.54) is 11.1 Å². The standard InChI is InChI=1S/C21H24N2O2S/c1-16-7-9-19(10-8-16)23-14-18(13-21(23)25)22-20(24)11-12-26-15-17-5-3-2-4-6-17/h2-10,18H,11-15H2,1H3,(H,22,24). The molecule has 2 amide bonds. The molecule has 2 aromatic rings. The molecule has 5 heteroatoms. The number of nitrogens with one attached hydrogen (secondary N) is 1. The zero-order valence-corrected chi connectivity index (χ0v) is 15.8. The Morgan fingerprint density at radius 2 is 1.88 bits per heavy atom. The van der Waals surface area contributed by atoms with Gasteiger partial charge in [-0.15, -0.1) is 0 Å². The summed E-state index contributed by atoms with van der Waals surface area (Å²) in [6.45, 7) is 2.57. The molecule has 0 saturated carbocycles. The van der Waals surface area contributed by atoms with Crippen LogP contribution in [0.5, 0.6) is 0 Å². The molecule has 4 nitrogen and oxygen atoms in total. The van der Waals surface area contributed by atoms with Crippen LogP contribution in [0.25, 0.3) is 0 Å². The van der Waals surface area contributed by atoms with Crippen molar-refractivity contribution in [1.82, 2.24) is 5.32 Å². The lowest BCUT2D eigenvalue weighted by atomic mass is 10.2. The average Bonchev–Trinajstić information content (AvgIpc) is 3.00. The number of hydrogen-bond donors (Lipinski definition) is 1. The van der Waals surface area contributed by atoms with E-state index in [9.17, 15) is 9.59 Å². The maximum Gasteiger partial charge on any atom is 0.229 e. The monoisotopic (exact) mass is 368 g/mol. The number of aryl methyl sites for hydroxylation is 1. The van der Waals surface area contributed by atoms with E-state index < -0.39 is 0 Å². The summed E-state index contributed by atoms with van der Waals surface area (Å²) < 4.78 is 0. The number of amides is 2. The molecule has 26 heavy (non-hydrogen) atoms. The van der Waals surface area contributed by atoms with Crippen molar-refractivity contribution in [3.05, 3.63) is 65.7 Å². The molecule has 1 aliphatic heterocycles. The Morgan fingerprint density at radius 3 is 2.62 bits per heavy atom. The Bertz CT molecular complexity index is 746. The first-order chi connectivity index (χ1) is 12.6. The van der Waals surface area contributed by atoms with Gasteiger partial charge < -0.3 is 10.2 Å². The van der Waals surface area contributed by atoms with E-state index in [4.69, 9.17) is 0 Å². The van der Waals surface area contributed by atoms with Crippen LogP contribution >= 0.6 is 11.8 Å². The highest BCUT2D eigenvalue weighted by Gasteiger charge is 2.31. The van der Waals surface area contributed by atoms with Gasteiger partial charge >= 0.3 is 0 Å². The summed E-state index contributed by atoms with van der Waals surface area (Å²) in [5.74, 6) is 1.78. The van der Waals surface area contributed by atoms with Gasteiger partial charge in [0.05, 0.1) is 6.04 Å². The zero-order chi connectivity index (χ0) is 18.4. The molecule has 0 aliphatic carbocycles. The summed E-state index contributed by atoms with van der Waals surface area (Å²) in [6.07, 6.45) is 0.851. The number of carbonyl (C=O) groups is 2. The smallest absolute Gasteiger partial charge is 0.229 e. The Kier molecular flexibility index (Phi) is 6.34. The molecule has 1 heterocycles. The fraction of sp³-hybridized carbons (Fsp3) is 0.333. The van der Waals surface area contributed by atoms with E-state index >= 15 is 0 Å². The Labute approximate surface area is 159 Å². The van der Waals surface area contributed by atoms with E-state index in [0.717, 1.165) is 17.2 Å². The predicted molar refractivity (Wildman–Crippen MR) is 107 cm³/mol. The fourth-order valence-corrected chi connectivity index (χ4v) is 3.91. The van der Waals surface area contributed by atoms with E-state index in [0.29, 0.717) is 19.4 Å². The second-order valence-electron chi connectivity index (χ2n) is 6.60. The first-order valence-electron chi connectivity index (χ1n) is 8.90. The van der Waals surface area contributed by atoms with Gasteiger partial charge in [-0.05, 0) is 24.6 Å². The molecule has 0 bridgehead atoms. The molecule has 0 radical (unpaired) electrons. The van der Waals surface area contributed by atoms with E-state index in [1.807, 2.05) is 49.4 Å². The van der Waals surface area contributed by atoms with Crippen LogP contribution in [-0.4, -0.2) is 30.2 Å². The van der Waals surface area contributed by atoms with E-state index in [2.05, 4.69) is 17.4 Å². The summed E-state index contributed by atoms with van der Waals surface area (Å²) in [4.78, 5) is 26.1. The van der Waals surface area contributed by atoms with Gasteiger partial charge in [-0.3, -0.25) is 9.59 Å². The molecule has 1 fully saturated rings. The molecule has 1 saturated heterocycles. The fourth-order valence-electron chi connectivity index (χ4n) is 3.01. The van der Waals surface area contributed by atoms with Crippen molar-refractivity contribution in [2.24, 2.45) is 0 Å². The molecular formula is C21H24N2O2S. The van der Waals surface area contributed by atoms with Crippen LogP contribution < -0.4 is 10.2 Å². The van der Waals surface area contributed by atoms with Gasteiger partial charge in [-0.25, -0.2) is 0 Å². The third kappa shape index (κ3) is 5.11. The van der Waals surface area contributed by atoms with Crippen molar-refractivity contribution >= 4 is 29.3 Å². The minimum atomic E-state index is -0.101.